The van der Waals surface area contributed by atoms with Crippen LogP contribution in [0, 0.1) is 5.92 Å². The van der Waals surface area contributed by atoms with Gasteiger partial charge in [0.1, 0.15) is 0 Å². The normalized spacial score (nSPS) is 28.1. The smallest absolute Gasteiger partial charge is 0.282 e. The summed E-state index contributed by atoms with van der Waals surface area (Å²) in [5, 5.41) is 0. The van der Waals surface area contributed by atoms with Gasteiger partial charge in [0, 0.05) is 51.2 Å². The molecule has 2 heterocycles. The zero-order chi connectivity index (χ0) is 14.8. The molecule has 20 heavy (non-hydrogen) atoms. The topological polar surface area (TPSA) is 43.9 Å². The molecule has 0 bridgehead atoms. The highest BCUT2D eigenvalue weighted by molar-refractivity contribution is 7.86. The van der Waals surface area contributed by atoms with Gasteiger partial charge < -0.3 is 0 Å². The molecule has 1 unspecified atom stereocenters. The van der Waals surface area contributed by atoms with E-state index in [-0.39, 0.29) is 0 Å². The molecule has 2 aliphatic heterocycles. The molecule has 5 nitrogen and oxygen atoms in total. The molecule has 0 aliphatic carbocycles. The van der Waals surface area contributed by atoms with Crippen molar-refractivity contribution in [2.45, 2.75) is 32.7 Å². The summed E-state index contributed by atoms with van der Waals surface area (Å²) in [5.41, 5.74) is 0. The number of nitrogens with zero attached hydrogens (tertiary/aromatic N) is 3. The van der Waals surface area contributed by atoms with Crippen molar-refractivity contribution in [1.29, 1.82) is 0 Å². The van der Waals surface area contributed by atoms with Crippen molar-refractivity contribution in [2.24, 2.45) is 5.92 Å². The molecule has 0 amide bonds. The predicted octanol–water partition coefficient (Wildman–Crippen LogP) is 1.21. The Kier molecular flexibility index (Phi) is 5.71. The molecule has 0 aromatic carbocycles. The molecule has 2 rings (SSSR count). The van der Waals surface area contributed by atoms with Crippen LogP contribution >= 0.6 is 11.6 Å². The lowest BCUT2D eigenvalue weighted by Gasteiger charge is -2.40. The van der Waals surface area contributed by atoms with Crippen LogP contribution in [0.2, 0.25) is 0 Å². The maximum absolute atomic E-state index is 12.7. The number of hydrogen-bond donors (Lipinski definition) is 0. The van der Waals surface area contributed by atoms with E-state index in [1.165, 1.54) is 0 Å². The van der Waals surface area contributed by atoms with Gasteiger partial charge in [-0.15, -0.1) is 11.6 Å². The second-order valence-corrected chi connectivity index (χ2v) is 8.29. The first-order valence-corrected chi connectivity index (χ1v) is 9.43. The van der Waals surface area contributed by atoms with Crippen molar-refractivity contribution in [3.63, 3.8) is 0 Å². The average molecular weight is 324 g/mol. The number of piperazine rings is 1. The molecule has 0 radical (unpaired) electrons. The first kappa shape index (κ1) is 16.5. The van der Waals surface area contributed by atoms with E-state index in [0.29, 0.717) is 44.0 Å². The molecule has 0 N–H and O–H groups in total. The van der Waals surface area contributed by atoms with Crippen molar-refractivity contribution < 1.29 is 8.42 Å². The summed E-state index contributed by atoms with van der Waals surface area (Å²) in [6.07, 6.45) is 1.96. The van der Waals surface area contributed by atoms with Gasteiger partial charge in [-0.05, 0) is 32.6 Å². The zero-order valence-electron chi connectivity index (χ0n) is 12.5. The number of halogens is 1. The van der Waals surface area contributed by atoms with E-state index >= 15 is 0 Å². The van der Waals surface area contributed by atoms with Crippen molar-refractivity contribution in [1.82, 2.24) is 13.5 Å². The summed E-state index contributed by atoms with van der Waals surface area (Å²) >= 11 is 5.89. The van der Waals surface area contributed by atoms with Gasteiger partial charge in [0.25, 0.3) is 10.2 Å². The largest absolute Gasteiger partial charge is 0.298 e. The van der Waals surface area contributed by atoms with Crippen LogP contribution in [-0.2, 0) is 10.2 Å². The maximum Gasteiger partial charge on any atom is 0.282 e. The quantitative estimate of drug-likeness (QED) is 0.730. The third-order valence-corrected chi connectivity index (χ3v) is 6.79. The van der Waals surface area contributed by atoms with Crippen LogP contribution in [0.5, 0.6) is 0 Å². The summed E-state index contributed by atoms with van der Waals surface area (Å²) in [5.74, 6) is 0.852. The minimum Gasteiger partial charge on any atom is -0.298 e. The number of alkyl halides is 1. The molecule has 2 saturated heterocycles. The SMILES string of the molecule is CC(C)N1CCN(S(=O)(=O)N2CCCC(CCl)C2)CC1. The van der Waals surface area contributed by atoms with Crippen molar-refractivity contribution >= 4 is 21.8 Å². The van der Waals surface area contributed by atoms with Gasteiger partial charge in [-0.3, -0.25) is 4.90 Å². The Balaban J connectivity index is 1.97. The van der Waals surface area contributed by atoms with E-state index in [0.717, 1.165) is 25.9 Å². The summed E-state index contributed by atoms with van der Waals surface area (Å²) in [4.78, 5) is 2.32. The van der Waals surface area contributed by atoms with E-state index in [4.69, 9.17) is 11.6 Å². The van der Waals surface area contributed by atoms with E-state index in [1.54, 1.807) is 8.61 Å². The van der Waals surface area contributed by atoms with Crippen molar-refractivity contribution in [2.75, 3.05) is 45.1 Å². The van der Waals surface area contributed by atoms with Crippen molar-refractivity contribution in [3.8, 4) is 0 Å². The molecule has 2 aliphatic rings. The Bertz CT molecular complexity index is 408. The van der Waals surface area contributed by atoms with Gasteiger partial charge in [-0.2, -0.15) is 17.0 Å². The summed E-state index contributed by atoms with van der Waals surface area (Å²) < 4.78 is 28.6. The lowest BCUT2D eigenvalue weighted by molar-refractivity contribution is 0.146. The fourth-order valence-corrected chi connectivity index (χ4v) is 4.94. The predicted molar refractivity (Wildman–Crippen MR) is 82.2 cm³/mol. The van der Waals surface area contributed by atoms with Crippen LogP contribution in [0.4, 0.5) is 0 Å². The lowest BCUT2D eigenvalue weighted by atomic mass is 10.0. The summed E-state index contributed by atoms with van der Waals surface area (Å²) in [6.45, 7) is 8.37. The maximum atomic E-state index is 12.7. The molecule has 0 aromatic rings. The van der Waals surface area contributed by atoms with Crippen LogP contribution < -0.4 is 0 Å². The lowest BCUT2D eigenvalue weighted by Crippen LogP contribution is -2.55. The minimum absolute atomic E-state index is 0.303. The monoisotopic (exact) mass is 323 g/mol. The molecule has 2 fully saturated rings. The van der Waals surface area contributed by atoms with Crippen molar-refractivity contribution in [3.05, 3.63) is 0 Å². The Morgan fingerprint density at radius 1 is 1.10 bits per heavy atom. The second kappa shape index (κ2) is 6.92. The second-order valence-electron chi connectivity index (χ2n) is 6.06. The minimum atomic E-state index is -3.30. The van der Waals surface area contributed by atoms with Crippen LogP contribution in [0.1, 0.15) is 26.7 Å². The first-order valence-electron chi connectivity index (χ1n) is 7.50. The average Bonchev–Trinajstić information content (AvgIpc) is 2.47. The number of rotatable bonds is 4. The molecular formula is C13H26ClN3O2S. The van der Waals surface area contributed by atoms with Crippen LogP contribution in [0.3, 0.4) is 0 Å². The molecule has 0 aromatic heterocycles. The van der Waals surface area contributed by atoms with Gasteiger partial charge >= 0.3 is 0 Å². The van der Waals surface area contributed by atoms with Crippen LogP contribution in [-0.4, -0.2) is 73.1 Å². The fourth-order valence-electron chi connectivity index (χ4n) is 2.98. The molecule has 7 heteroatoms. The first-order chi connectivity index (χ1) is 9.45. The highest BCUT2D eigenvalue weighted by Crippen LogP contribution is 2.22. The third kappa shape index (κ3) is 3.65. The Morgan fingerprint density at radius 2 is 1.75 bits per heavy atom. The van der Waals surface area contributed by atoms with Gasteiger partial charge in [0.05, 0.1) is 0 Å². The van der Waals surface area contributed by atoms with E-state index in [1.807, 2.05) is 0 Å². The van der Waals surface area contributed by atoms with E-state index in [2.05, 4.69) is 18.7 Å². The zero-order valence-corrected chi connectivity index (χ0v) is 14.0. The fraction of sp³-hybridized carbons (Fsp3) is 1.00. The van der Waals surface area contributed by atoms with Crippen LogP contribution in [0.25, 0.3) is 0 Å². The highest BCUT2D eigenvalue weighted by Gasteiger charge is 2.35. The third-order valence-electron chi connectivity index (χ3n) is 4.36. The van der Waals surface area contributed by atoms with Crippen LogP contribution in [0.15, 0.2) is 0 Å². The molecule has 118 valence electrons. The number of hydrogen-bond acceptors (Lipinski definition) is 3. The Morgan fingerprint density at radius 3 is 2.30 bits per heavy atom. The molecular weight excluding hydrogens is 298 g/mol. The molecule has 0 saturated carbocycles. The van der Waals surface area contributed by atoms with Gasteiger partial charge in [-0.1, -0.05) is 0 Å². The van der Waals surface area contributed by atoms with E-state index < -0.39 is 10.2 Å². The molecule has 0 spiro atoms. The summed E-state index contributed by atoms with van der Waals surface area (Å²) in [7, 11) is -3.30. The van der Waals surface area contributed by atoms with Gasteiger partial charge in [-0.25, -0.2) is 0 Å². The highest BCUT2D eigenvalue weighted by atomic mass is 35.5. The Hall–Kier alpha value is 0.120. The van der Waals surface area contributed by atoms with Gasteiger partial charge in [0.2, 0.25) is 0 Å². The van der Waals surface area contributed by atoms with E-state index in [9.17, 15) is 8.42 Å². The number of piperidine rings is 1. The van der Waals surface area contributed by atoms with Gasteiger partial charge in [0.15, 0.2) is 0 Å². The standard InChI is InChI=1S/C13H26ClN3O2S/c1-12(2)15-6-8-16(9-7-15)20(18,19)17-5-3-4-13(10-14)11-17/h12-13H,3-11H2,1-2H3. The Labute approximate surface area is 128 Å². The summed E-state index contributed by atoms with van der Waals surface area (Å²) in [6, 6.07) is 0.482. The molecule has 1 atom stereocenters.